The molecular formula is C22H35N3O2. The van der Waals surface area contributed by atoms with Crippen LogP contribution < -0.4 is 4.90 Å². The highest BCUT2D eigenvalue weighted by Gasteiger charge is 2.24. The molecule has 0 radical (unpaired) electrons. The highest BCUT2D eigenvalue weighted by atomic mass is 16.2. The van der Waals surface area contributed by atoms with Gasteiger partial charge in [-0.25, -0.2) is 0 Å². The van der Waals surface area contributed by atoms with Crippen LogP contribution in [0.1, 0.15) is 57.8 Å². The normalized spacial score (nSPS) is 14.8. The Kier molecular flexibility index (Phi) is 7.69. The second kappa shape index (κ2) is 9.77. The van der Waals surface area contributed by atoms with Gasteiger partial charge in [0, 0.05) is 56.4 Å². The van der Waals surface area contributed by atoms with E-state index >= 15 is 0 Å². The molecule has 0 saturated carbocycles. The first-order chi connectivity index (χ1) is 12.8. The molecule has 0 atom stereocenters. The Bertz CT molecular complexity index is 617. The van der Waals surface area contributed by atoms with Crippen LogP contribution in [0.4, 0.5) is 5.69 Å². The Morgan fingerprint density at radius 2 is 1.52 bits per heavy atom. The van der Waals surface area contributed by atoms with Crippen LogP contribution in [0.5, 0.6) is 0 Å². The molecule has 0 bridgehead atoms. The van der Waals surface area contributed by atoms with Crippen molar-refractivity contribution in [3.05, 3.63) is 29.8 Å². The predicted octanol–water partition coefficient (Wildman–Crippen LogP) is 3.64. The SMILES string of the molecule is CCN(c1ccc(C(=O)N2CCN(C(=O)CCC(C)C)CC2)cc1)C(C)C. The van der Waals surface area contributed by atoms with Crippen LogP contribution in [0.3, 0.4) is 0 Å². The summed E-state index contributed by atoms with van der Waals surface area (Å²) in [6, 6.07) is 8.33. The van der Waals surface area contributed by atoms with Gasteiger partial charge >= 0.3 is 0 Å². The Morgan fingerprint density at radius 3 is 2.00 bits per heavy atom. The molecule has 1 heterocycles. The number of hydrogen-bond acceptors (Lipinski definition) is 3. The second-order valence-electron chi connectivity index (χ2n) is 8.03. The molecule has 5 heteroatoms. The van der Waals surface area contributed by atoms with Gasteiger partial charge in [-0.2, -0.15) is 0 Å². The minimum atomic E-state index is 0.0587. The molecule has 1 aromatic rings. The van der Waals surface area contributed by atoms with E-state index in [0.29, 0.717) is 44.6 Å². The smallest absolute Gasteiger partial charge is 0.253 e. The van der Waals surface area contributed by atoms with Gasteiger partial charge in [0.1, 0.15) is 0 Å². The average molecular weight is 374 g/mol. The number of hydrogen-bond donors (Lipinski definition) is 0. The summed E-state index contributed by atoms with van der Waals surface area (Å²) in [5.41, 5.74) is 1.86. The Labute approximate surface area is 164 Å². The van der Waals surface area contributed by atoms with Crippen molar-refractivity contribution < 1.29 is 9.59 Å². The van der Waals surface area contributed by atoms with Crippen molar-refractivity contribution in [1.29, 1.82) is 0 Å². The molecule has 1 fully saturated rings. The number of nitrogens with zero attached hydrogens (tertiary/aromatic N) is 3. The molecule has 0 aliphatic carbocycles. The van der Waals surface area contributed by atoms with Crippen molar-refractivity contribution in [3.63, 3.8) is 0 Å². The maximum absolute atomic E-state index is 12.8. The van der Waals surface area contributed by atoms with Gasteiger partial charge in [0.2, 0.25) is 5.91 Å². The molecule has 2 rings (SSSR count). The summed E-state index contributed by atoms with van der Waals surface area (Å²) in [6.45, 7) is 14.2. The number of anilines is 1. The summed E-state index contributed by atoms with van der Waals surface area (Å²) in [6.07, 6.45) is 1.53. The standard InChI is InChI=1S/C22H35N3O2/c1-6-25(18(4)5)20-10-8-19(9-11-20)22(27)24-15-13-23(14-16-24)21(26)12-7-17(2)3/h8-11,17-18H,6-7,12-16H2,1-5H3. The van der Waals surface area contributed by atoms with Gasteiger partial charge < -0.3 is 14.7 Å². The summed E-state index contributed by atoms with van der Waals surface area (Å²) in [4.78, 5) is 31.1. The quantitative estimate of drug-likeness (QED) is 0.733. The van der Waals surface area contributed by atoms with E-state index in [0.717, 1.165) is 24.2 Å². The lowest BCUT2D eigenvalue weighted by Crippen LogP contribution is -2.50. The molecule has 1 aliphatic rings. The summed E-state index contributed by atoms with van der Waals surface area (Å²) in [7, 11) is 0. The lowest BCUT2D eigenvalue weighted by Gasteiger charge is -2.35. The van der Waals surface area contributed by atoms with E-state index in [1.165, 1.54) is 0 Å². The van der Waals surface area contributed by atoms with Crippen molar-refractivity contribution in [2.45, 2.75) is 53.5 Å². The van der Waals surface area contributed by atoms with Crippen LogP contribution in [0.25, 0.3) is 0 Å². The van der Waals surface area contributed by atoms with E-state index in [1.807, 2.05) is 34.1 Å². The van der Waals surface area contributed by atoms with Gasteiger partial charge in [0.25, 0.3) is 5.91 Å². The van der Waals surface area contributed by atoms with Gasteiger partial charge in [-0.1, -0.05) is 13.8 Å². The Hall–Kier alpha value is -2.04. The topological polar surface area (TPSA) is 43.9 Å². The van der Waals surface area contributed by atoms with Gasteiger partial charge in [0.05, 0.1) is 0 Å². The van der Waals surface area contributed by atoms with E-state index in [2.05, 4.69) is 39.5 Å². The molecule has 150 valence electrons. The molecule has 5 nitrogen and oxygen atoms in total. The third-order valence-corrected chi connectivity index (χ3v) is 5.27. The fraction of sp³-hybridized carbons (Fsp3) is 0.636. The zero-order valence-electron chi connectivity index (χ0n) is 17.6. The van der Waals surface area contributed by atoms with Crippen molar-refractivity contribution in [2.24, 2.45) is 5.92 Å². The predicted molar refractivity (Wildman–Crippen MR) is 111 cm³/mol. The summed E-state index contributed by atoms with van der Waals surface area (Å²) in [5, 5.41) is 0. The monoisotopic (exact) mass is 373 g/mol. The van der Waals surface area contributed by atoms with Gasteiger partial charge in [0.15, 0.2) is 0 Å². The first-order valence-electron chi connectivity index (χ1n) is 10.3. The second-order valence-corrected chi connectivity index (χ2v) is 8.03. The maximum atomic E-state index is 12.8. The van der Waals surface area contributed by atoms with Crippen molar-refractivity contribution in [2.75, 3.05) is 37.6 Å². The van der Waals surface area contributed by atoms with Gasteiger partial charge in [-0.3, -0.25) is 9.59 Å². The first kappa shape index (κ1) is 21.3. The molecule has 0 unspecified atom stereocenters. The van der Waals surface area contributed by atoms with E-state index in [1.54, 1.807) is 0 Å². The first-order valence-corrected chi connectivity index (χ1v) is 10.3. The summed E-state index contributed by atoms with van der Waals surface area (Å²) < 4.78 is 0. The minimum absolute atomic E-state index is 0.0587. The molecule has 0 N–H and O–H groups in total. The van der Waals surface area contributed by atoms with Crippen molar-refractivity contribution >= 4 is 17.5 Å². The third kappa shape index (κ3) is 5.72. The highest BCUT2D eigenvalue weighted by molar-refractivity contribution is 5.94. The molecule has 1 aromatic carbocycles. The Morgan fingerprint density at radius 1 is 0.963 bits per heavy atom. The lowest BCUT2D eigenvalue weighted by molar-refractivity contribution is -0.132. The maximum Gasteiger partial charge on any atom is 0.253 e. The van der Waals surface area contributed by atoms with Crippen molar-refractivity contribution in [1.82, 2.24) is 9.80 Å². The van der Waals surface area contributed by atoms with Crippen LogP contribution in [-0.2, 0) is 4.79 Å². The van der Waals surface area contributed by atoms with Crippen LogP contribution in [-0.4, -0.2) is 60.4 Å². The molecule has 1 saturated heterocycles. The fourth-order valence-corrected chi connectivity index (χ4v) is 3.55. The third-order valence-electron chi connectivity index (χ3n) is 5.27. The number of piperazine rings is 1. The van der Waals surface area contributed by atoms with E-state index in [-0.39, 0.29) is 11.8 Å². The average Bonchev–Trinajstić information content (AvgIpc) is 2.66. The van der Waals surface area contributed by atoms with E-state index < -0.39 is 0 Å². The number of amides is 2. The van der Waals surface area contributed by atoms with Gasteiger partial charge in [-0.15, -0.1) is 0 Å². The number of benzene rings is 1. The van der Waals surface area contributed by atoms with Crippen LogP contribution in [0.2, 0.25) is 0 Å². The molecule has 27 heavy (non-hydrogen) atoms. The zero-order valence-corrected chi connectivity index (χ0v) is 17.6. The molecule has 1 aliphatic heterocycles. The van der Waals surface area contributed by atoms with Crippen LogP contribution >= 0.6 is 0 Å². The zero-order chi connectivity index (χ0) is 20.0. The van der Waals surface area contributed by atoms with E-state index in [4.69, 9.17) is 0 Å². The summed E-state index contributed by atoms with van der Waals surface area (Å²) in [5.74, 6) is 0.816. The van der Waals surface area contributed by atoms with Crippen LogP contribution in [0.15, 0.2) is 24.3 Å². The van der Waals surface area contributed by atoms with Crippen molar-refractivity contribution in [3.8, 4) is 0 Å². The fourth-order valence-electron chi connectivity index (χ4n) is 3.55. The van der Waals surface area contributed by atoms with E-state index in [9.17, 15) is 9.59 Å². The number of carbonyl (C=O) groups is 2. The lowest BCUT2D eigenvalue weighted by atomic mass is 10.1. The minimum Gasteiger partial charge on any atom is -0.369 e. The highest BCUT2D eigenvalue weighted by Crippen LogP contribution is 2.19. The summed E-state index contributed by atoms with van der Waals surface area (Å²) >= 11 is 0. The van der Waals surface area contributed by atoms with Crippen LogP contribution in [0, 0.1) is 5.92 Å². The molecule has 0 spiro atoms. The molecular weight excluding hydrogens is 338 g/mol. The Balaban J connectivity index is 1.91. The van der Waals surface area contributed by atoms with Gasteiger partial charge in [-0.05, 0) is 57.4 Å². The number of carbonyl (C=O) groups excluding carboxylic acids is 2. The number of rotatable bonds is 7. The largest absolute Gasteiger partial charge is 0.369 e. The molecule has 0 aromatic heterocycles. The molecule has 2 amide bonds.